The second kappa shape index (κ2) is 5.57. The maximum atomic E-state index is 11.9. The summed E-state index contributed by atoms with van der Waals surface area (Å²) in [4.78, 5) is 25.8. The van der Waals surface area contributed by atoms with Gasteiger partial charge >= 0.3 is 0 Å². The highest BCUT2D eigenvalue weighted by atomic mass is 79.9. The number of halogens is 1. The summed E-state index contributed by atoms with van der Waals surface area (Å²) in [7, 11) is 0. The van der Waals surface area contributed by atoms with Gasteiger partial charge in [-0.1, -0.05) is 15.9 Å². The number of aromatic nitrogens is 1. The monoisotopic (exact) mass is 321 g/mol. The van der Waals surface area contributed by atoms with Crippen molar-refractivity contribution in [3.63, 3.8) is 0 Å². The van der Waals surface area contributed by atoms with Crippen LogP contribution in [0.15, 0.2) is 47.1 Å². The van der Waals surface area contributed by atoms with E-state index in [1.165, 1.54) is 24.3 Å². The van der Waals surface area contributed by atoms with E-state index < -0.39 is 4.92 Å². The lowest BCUT2D eigenvalue weighted by Crippen LogP contribution is -2.12. The van der Waals surface area contributed by atoms with Gasteiger partial charge in [0.15, 0.2) is 0 Å². The fourth-order valence-corrected chi connectivity index (χ4v) is 1.73. The van der Waals surface area contributed by atoms with Gasteiger partial charge in [0.1, 0.15) is 5.82 Å². The first kappa shape index (κ1) is 13.2. The van der Waals surface area contributed by atoms with E-state index in [9.17, 15) is 14.9 Å². The first-order valence-electron chi connectivity index (χ1n) is 5.23. The van der Waals surface area contributed by atoms with Crippen LogP contribution in [-0.4, -0.2) is 15.8 Å². The highest BCUT2D eigenvalue weighted by Gasteiger charge is 2.10. The van der Waals surface area contributed by atoms with Crippen LogP contribution in [0.5, 0.6) is 0 Å². The largest absolute Gasteiger partial charge is 0.307 e. The van der Waals surface area contributed by atoms with E-state index in [0.29, 0.717) is 11.4 Å². The van der Waals surface area contributed by atoms with Crippen LogP contribution in [0.3, 0.4) is 0 Å². The standard InChI is InChI=1S/C12H8BrN3O3/c13-9-5-6-14-11(7-9)15-12(17)8-1-3-10(4-2-8)16(18)19/h1-7H,(H,14,15,17). The van der Waals surface area contributed by atoms with Gasteiger partial charge in [0, 0.05) is 28.4 Å². The van der Waals surface area contributed by atoms with Gasteiger partial charge in [0.05, 0.1) is 4.92 Å². The van der Waals surface area contributed by atoms with Crippen molar-refractivity contribution < 1.29 is 9.72 Å². The maximum absolute atomic E-state index is 11.9. The third-order valence-corrected chi connectivity index (χ3v) is 2.80. The minimum Gasteiger partial charge on any atom is -0.307 e. The second-order valence-electron chi connectivity index (χ2n) is 3.62. The summed E-state index contributed by atoms with van der Waals surface area (Å²) >= 11 is 3.27. The molecule has 2 aromatic rings. The van der Waals surface area contributed by atoms with Gasteiger partial charge in [0.2, 0.25) is 0 Å². The van der Waals surface area contributed by atoms with Gasteiger partial charge in [-0.15, -0.1) is 0 Å². The number of hydrogen-bond acceptors (Lipinski definition) is 4. The van der Waals surface area contributed by atoms with Crippen molar-refractivity contribution >= 4 is 33.3 Å². The van der Waals surface area contributed by atoms with Crippen LogP contribution >= 0.6 is 15.9 Å². The predicted molar refractivity (Wildman–Crippen MR) is 73.0 cm³/mol. The van der Waals surface area contributed by atoms with Crippen LogP contribution in [0.25, 0.3) is 0 Å². The maximum Gasteiger partial charge on any atom is 0.269 e. The number of nitro groups is 1. The normalized spacial score (nSPS) is 9.95. The fourth-order valence-electron chi connectivity index (χ4n) is 1.40. The molecule has 1 heterocycles. The molecule has 1 aromatic heterocycles. The summed E-state index contributed by atoms with van der Waals surface area (Å²) in [5, 5.41) is 13.1. The highest BCUT2D eigenvalue weighted by molar-refractivity contribution is 9.10. The summed E-state index contributed by atoms with van der Waals surface area (Å²) in [6, 6.07) is 8.74. The average molecular weight is 322 g/mol. The molecule has 0 spiro atoms. The Morgan fingerprint density at radius 3 is 2.53 bits per heavy atom. The van der Waals surface area contributed by atoms with Crippen molar-refractivity contribution in [2.75, 3.05) is 5.32 Å². The molecule has 0 unspecified atom stereocenters. The molecular formula is C12H8BrN3O3. The van der Waals surface area contributed by atoms with Gasteiger partial charge in [-0.3, -0.25) is 14.9 Å². The average Bonchev–Trinajstić information content (AvgIpc) is 2.39. The van der Waals surface area contributed by atoms with Crippen LogP contribution in [0.4, 0.5) is 11.5 Å². The molecular weight excluding hydrogens is 314 g/mol. The topological polar surface area (TPSA) is 85.1 Å². The summed E-state index contributed by atoms with van der Waals surface area (Å²) < 4.78 is 0.793. The number of carbonyl (C=O) groups excluding carboxylic acids is 1. The molecule has 0 fully saturated rings. The van der Waals surface area contributed by atoms with Crippen LogP contribution in [0, 0.1) is 10.1 Å². The molecule has 2 rings (SSSR count). The number of amides is 1. The molecule has 0 aliphatic rings. The van der Waals surface area contributed by atoms with Gasteiger partial charge in [-0.05, 0) is 24.3 Å². The third-order valence-electron chi connectivity index (χ3n) is 2.30. The van der Waals surface area contributed by atoms with Crippen molar-refractivity contribution in [1.29, 1.82) is 0 Å². The zero-order chi connectivity index (χ0) is 13.8. The van der Waals surface area contributed by atoms with Crippen LogP contribution in [0.2, 0.25) is 0 Å². The molecule has 7 heteroatoms. The van der Waals surface area contributed by atoms with Crippen molar-refractivity contribution in [1.82, 2.24) is 4.98 Å². The first-order valence-corrected chi connectivity index (χ1v) is 6.03. The van der Waals surface area contributed by atoms with Gasteiger partial charge in [-0.2, -0.15) is 0 Å². The summed E-state index contributed by atoms with van der Waals surface area (Å²) in [5.74, 6) is 0.0261. The molecule has 0 atom stereocenters. The molecule has 96 valence electrons. The first-order chi connectivity index (χ1) is 9.06. The number of benzene rings is 1. The number of carbonyl (C=O) groups is 1. The number of nitro benzene ring substituents is 1. The Morgan fingerprint density at radius 2 is 1.95 bits per heavy atom. The SMILES string of the molecule is O=C(Nc1cc(Br)ccn1)c1ccc([N+](=O)[O-])cc1. The zero-order valence-electron chi connectivity index (χ0n) is 9.54. The molecule has 0 bridgehead atoms. The van der Waals surface area contributed by atoms with E-state index in [1.807, 2.05) is 0 Å². The fraction of sp³-hybridized carbons (Fsp3) is 0. The molecule has 19 heavy (non-hydrogen) atoms. The van der Waals surface area contributed by atoms with Crippen LogP contribution in [-0.2, 0) is 0 Å². The van der Waals surface area contributed by atoms with E-state index in [2.05, 4.69) is 26.2 Å². The minimum atomic E-state index is -0.516. The smallest absolute Gasteiger partial charge is 0.269 e. The number of nitrogens with one attached hydrogen (secondary N) is 1. The number of pyridine rings is 1. The Labute approximate surface area is 116 Å². The number of nitrogens with zero attached hydrogens (tertiary/aromatic N) is 2. The minimum absolute atomic E-state index is 0.0582. The highest BCUT2D eigenvalue weighted by Crippen LogP contribution is 2.15. The van der Waals surface area contributed by atoms with Crippen molar-refractivity contribution in [3.05, 3.63) is 62.7 Å². The van der Waals surface area contributed by atoms with E-state index in [4.69, 9.17) is 0 Å². The van der Waals surface area contributed by atoms with E-state index in [1.54, 1.807) is 18.3 Å². The van der Waals surface area contributed by atoms with Crippen molar-refractivity contribution in [2.45, 2.75) is 0 Å². The van der Waals surface area contributed by atoms with Gasteiger partial charge < -0.3 is 5.32 Å². The summed E-state index contributed by atoms with van der Waals surface area (Å²) in [6.07, 6.45) is 1.55. The zero-order valence-corrected chi connectivity index (χ0v) is 11.1. The van der Waals surface area contributed by atoms with Crippen LogP contribution in [0.1, 0.15) is 10.4 Å². The molecule has 1 N–H and O–H groups in total. The molecule has 0 saturated carbocycles. The Balaban J connectivity index is 2.14. The molecule has 1 amide bonds. The molecule has 6 nitrogen and oxygen atoms in total. The van der Waals surface area contributed by atoms with E-state index in [-0.39, 0.29) is 11.6 Å². The number of anilines is 1. The molecule has 0 radical (unpaired) electrons. The Kier molecular flexibility index (Phi) is 3.86. The Morgan fingerprint density at radius 1 is 1.26 bits per heavy atom. The number of hydrogen-bond donors (Lipinski definition) is 1. The number of non-ortho nitro benzene ring substituents is 1. The lowest BCUT2D eigenvalue weighted by molar-refractivity contribution is -0.384. The van der Waals surface area contributed by atoms with Crippen molar-refractivity contribution in [2.24, 2.45) is 0 Å². The number of rotatable bonds is 3. The molecule has 1 aromatic carbocycles. The molecule has 0 saturated heterocycles. The summed E-state index contributed by atoms with van der Waals surface area (Å²) in [5.41, 5.74) is 0.268. The molecule has 0 aliphatic carbocycles. The van der Waals surface area contributed by atoms with E-state index >= 15 is 0 Å². The third kappa shape index (κ3) is 3.35. The summed E-state index contributed by atoms with van der Waals surface area (Å²) in [6.45, 7) is 0. The van der Waals surface area contributed by atoms with Crippen molar-refractivity contribution in [3.8, 4) is 0 Å². The quantitative estimate of drug-likeness (QED) is 0.695. The second-order valence-corrected chi connectivity index (χ2v) is 4.53. The van der Waals surface area contributed by atoms with Gasteiger partial charge in [-0.25, -0.2) is 4.98 Å². The predicted octanol–water partition coefficient (Wildman–Crippen LogP) is 3.00. The Bertz CT molecular complexity index is 628. The van der Waals surface area contributed by atoms with E-state index in [0.717, 1.165) is 4.47 Å². The van der Waals surface area contributed by atoms with Crippen LogP contribution < -0.4 is 5.32 Å². The molecule has 0 aliphatic heterocycles. The Hall–Kier alpha value is -2.28. The lowest BCUT2D eigenvalue weighted by atomic mass is 10.2. The lowest BCUT2D eigenvalue weighted by Gasteiger charge is -2.04. The van der Waals surface area contributed by atoms with Gasteiger partial charge in [0.25, 0.3) is 11.6 Å².